The van der Waals surface area contributed by atoms with E-state index in [1.54, 1.807) is 0 Å². The van der Waals surface area contributed by atoms with Crippen LogP contribution in [0, 0.1) is 20.8 Å². The quantitative estimate of drug-likeness (QED) is 0.308. The molecule has 6 aromatic rings. The van der Waals surface area contributed by atoms with Gasteiger partial charge in [-0.15, -0.1) is 0 Å². The summed E-state index contributed by atoms with van der Waals surface area (Å²) in [5.41, 5.74) is 9.71. The maximum atomic E-state index is 6.53. The molecule has 0 fully saturated rings. The summed E-state index contributed by atoms with van der Waals surface area (Å²) in [6, 6.07) is 23.5. The summed E-state index contributed by atoms with van der Waals surface area (Å²) in [5, 5.41) is 2.22. The zero-order valence-electron chi connectivity index (χ0n) is 18.7. The van der Waals surface area contributed by atoms with Gasteiger partial charge >= 0.3 is 0 Å². The maximum absolute atomic E-state index is 6.53. The number of hydrogen-bond acceptors (Lipinski definition) is 2. The maximum Gasteiger partial charge on any atom is 0.298 e. The third kappa shape index (κ3) is 2.50. The molecule has 4 heteroatoms. The van der Waals surface area contributed by atoms with E-state index in [1.165, 1.54) is 27.8 Å². The number of rotatable bonds is 2. The van der Waals surface area contributed by atoms with Crippen LogP contribution in [0.1, 0.15) is 16.8 Å². The highest BCUT2D eigenvalue weighted by molar-refractivity contribution is 6.10. The summed E-state index contributed by atoms with van der Waals surface area (Å²) in [7, 11) is 2.14. The van der Waals surface area contributed by atoms with Crippen molar-refractivity contribution in [2.75, 3.05) is 0 Å². The average Bonchev–Trinajstić information content (AvgIpc) is 3.31. The van der Waals surface area contributed by atoms with Gasteiger partial charge in [0, 0.05) is 17.0 Å². The lowest BCUT2D eigenvalue weighted by Gasteiger charge is -2.09. The Bertz CT molecular complexity index is 1670. The molecule has 0 unspecified atom stereocenters. The van der Waals surface area contributed by atoms with E-state index in [0.717, 1.165) is 39.0 Å². The van der Waals surface area contributed by atoms with Gasteiger partial charge in [-0.2, -0.15) is 4.57 Å². The fourth-order valence-electron chi connectivity index (χ4n) is 4.93. The van der Waals surface area contributed by atoms with Crippen molar-refractivity contribution in [2.24, 2.45) is 7.05 Å². The third-order valence-corrected chi connectivity index (χ3v) is 6.54. The zero-order chi connectivity index (χ0) is 22.0. The first-order valence-corrected chi connectivity index (χ1v) is 10.9. The van der Waals surface area contributed by atoms with Crippen molar-refractivity contribution >= 4 is 33.0 Å². The largest absolute Gasteiger partial charge is 0.453 e. The molecule has 0 amide bonds. The minimum absolute atomic E-state index is 0.857. The smallest absolute Gasteiger partial charge is 0.298 e. The average molecular weight is 419 g/mol. The van der Waals surface area contributed by atoms with Crippen molar-refractivity contribution in [1.82, 2.24) is 9.55 Å². The lowest BCUT2D eigenvalue weighted by molar-refractivity contribution is -0.633. The molecule has 3 heterocycles. The van der Waals surface area contributed by atoms with Gasteiger partial charge in [0.15, 0.2) is 22.2 Å². The van der Waals surface area contributed by atoms with Gasteiger partial charge in [-0.25, -0.2) is 4.57 Å². The van der Waals surface area contributed by atoms with Gasteiger partial charge in [0.25, 0.3) is 5.82 Å². The number of pyridine rings is 1. The number of aromatic nitrogens is 3. The molecule has 3 aromatic carbocycles. The Morgan fingerprint density at radius 3 is 2.38 bits per heavy atom. The predicted molar refractivity (Wildman–Crippen MR) is 129 cm³/mol. The Morgan fingerprint density at radius 2 is 1.53 bits per heavy atom. The van der Waals surface area contributed by atoms with Crippen LogP contribution in [0.4, 0.5) is 0 Å². The second-order valence-corrected chi connectivity index (χ2v) is 8.50. The Hall–Kier alpha value is -3.92. The number of para-hydroxylation sites is 3. The van der Waals surface area contributed by atoms with E-state index >= 15 is 0 Å². The third-order valence-electron chi connectivity index (χ3n) is 6.54. The van der Waals surface area contributed by atoms with Gasteiger partial charge in [0.05, 0.1) is 12.7 Å². The monoisotopic (exact) mass is 418 g/mol. The lowest BCUT2D eigenvalue weighted by Crippen LogP contribution is -2.30. The SMILES string of the molecule is Cc1ccccc1-n1c(-c2c(C)ccc3c2oc2c(C)nccc23)[n+](C)c2ccccc21. The molecule has 0 saturated carbocycles. The Balaban J connectivity index is 1.83. The number of nitrogens with zero attached hydrogens (tertiary/aromatic N) is 3. The van der Waals surface area contributed by atoms with Crippen LogP contribution < -0.4 is 4.57 Å². The van der Waals surface area contributed by atoms with Crippen LogP contribution in [0.25, 0.3) is 50.0 Å². The fraction of sp³-hybridized carbons (Fsp3) is 0.143. The highest BCUT2D eigenvalue weighted by Crippen LogP contribution is 2.39. The van der Waals surface area contributed by atoms with Crippen molar-refractivity contribution in [3.05, 3.63) is 89.7 Å². The number of fused-ring (bicyclic) bond motifs is 4. The molecule has 0 radical (unpaired) electrons. The highest BCUT2D eigenvalue weighted by atomic mass is 16.3. The summed E-state index contributed by atoms with van der Waals surface area (Å²) in [6.45, 7) is 6.33. The molecular formula is C28H24N3O+. The van der Waals surface area contributed by atoms with Gasteiger partial charge in [-0.05, 0) is 56.2 Å². The van der Waals surface area contributed by atoms with Gasteiger partial charge < -0.3 is 4.42 Å². The molecule has 0 spiro atoms. The molecule has 0 aliphatic carbocycles. The van der Waals surface area contributed by atoms with E-state index in [-0.39, 0.29) is 0 Å². The van der Waals surface area contributed by atoms with E-state index in [4.69, 9.17) is 4.42 Å². The highest BCUT2D eigenvalue weighted by Gasteiger charge is 2.30. The molecule has 4 nitrogen and oxygen atoms in total. The number of imidazole rings is 1. The Morgan fingerprint density at radius 1 is 0.781 bits per heavy atom. The molecule has 0 bridgehead atoms. The van der Waals surface area contributed by atoms with Crippen molar-refractivity contribution in [3.8, 4) is 17.1 Å². The van der Waals surface area contributed by atoms with Crippen LogP contribution in [-0.2, 0) is 7.05 Å². The number of hydrogen-bond donors (Lipinski definition) is 0. The first kappa shape index (κ1) is 18.8. The Kier molecular flexibility index (Phi) is 3.99. The van der Waals surface area contributed by atoms with E-state index in [0.29, 0.717) is 0 Å². The fourth-order valence-corrected chi connectivity index (χ4v) is 4.93. The van der Waals surface area contributed by atoms with Crippen molar-refractivity contribution in [1.29, 1.82) is 0 Å². The van der Waals surface area contributed by atoms with Crippen LogP contribution in [-0.4, -0.2) is 9.55 Å². The van der Waals surface area contributed by atoms with Gasteiger partial charge in [0.1, 0.15) is 11.3 Å². The van der Waals surface area contributed by atoms with Crippen LogP contribution in [0.2, 0.25) is 0 Å². The molecule has 0 aliphatic heterocycles. The molecule has 156 valence electrons. The topological polar surface area (TPSA) is 34.8 Å². The number of benzene rings is 3. The summed E-state index contributed by atoms with van der Waals surface area (Å²) in [6.07, 6.45) is 1.86. The second kappa shape index (κ2) is 6.79. The lowest BCUT2D eigenvalue weighted by atomic mass is 10.0. The summed E-state index contributed by atoms with van der Waals surface area (Å²) >= 11 is 0. The number of furan rings is 1. The first-order valence-electron chi connectivity index (χ1n) is 10.9. The molecule has 0 atom stereocenters. The van der Waals surface area contributed by atoms with E-state index in [1.807, 2.05) is 19.2 Å². The molecule has 6 rings (SSSR count). The molecule has 32 heavy (non-hydrogen) atoms. The minimum Gasteiger partial charge on any atom is -0.453 e. The molecule has 0 saturated heterocycles. The van der Waals surface area contributed by atoms with Crippen LogP contribution >= 0.6 is 0 Å². The standard InChI is InChI=1S/C28H24N3O/c1-17-9-5-6-10-22(17)31-24-12-8-7-11-23(24)30(4)28(31)25-18(2)13-14-20-21-15-16-29-19(3)26(21)32-27(20)25/h5-16H,1-4H3/q+1. The summed E-state index contributed by atoms with van der Waals surface area (Å²) < 4.78 is 11.2. The first-order chi connectivity index (χ1) is 15.6. The zero-order valence-corrected chi connectivity index (χ0v) is 18.7. The van der Waals surface area contributed by atoms with Crippen molar-refractivity contribution in [3.63, 3.8) is 0 Å². The van der Waals surface area contributed by atoms with Crippen molar-refractivity contribution in [2.45, 2.75) is 20.8 Å². The second-order valence-electron chi connectivity index (χ2n) is 8.50. The van der Waals surface area contributed by atoms with Gasteiger partial charge in [-0.3, -0.25) is 4.98 Å². The van der Waals surface area contributed by atoms with Crippen LogP contribution in [0.3, 0.4) is 0 Å². The normalized spacial score (nSPS) is 11.8. The van der Waals surface area contributed by atoms with Gasteiger partial charge in [0.2, 0.25) is 0 Å². The van der Waals surface area contributed by atoms with Crippen molar-refractivity contribution < 1.29 is 8.98 Å². The molecule has 0 N–H and O–H groups in total. The van der Waals surface area contributed by atoms with E-state index < -0.39 is 0 Å². The molecule has 0 aliphatic rings. The number of aryl methyl sites for hydroxylation is 4. The van der Waals surface area contributed by atoms with E-state index in [2.05, 4.69) is 95.7 Å². The van der Waals surface area contributed by atoms with Crippen LogP contribution in [0.15, 0.2) is 77.3 Å². The summed E-state index contributed by atoms with van der Waals surface area (Å²) in [4.78, 5) is 4.45. The molecule has 3 aromatic heterocycles. The van der Waals surface area contributed by atoms with E-state index in [9.17, 15) is 0 Å². The Labute approximate surface area is 186 Å². The van der Waals surface area contributed by atoms with Crippen LogP contribution in [0.5, 0.6) is 0 Å². The minimum atomic E-state index is 0.857. The summed E-state index contributed by atoms with van der Waals surface area (Å²) in [5.74, 6) is 1.10. The predicted octanol–water partition coefficient (Wildman–Crippen LogP) is 6.34. The molecular weight excluding hydrogens is 394 g/mol. The van der Waals surface area contributed by atoms with Gasteiger partial charge in [-0.1, -0.05) is 42.5 Å².